The van der Waals surface area contributed by atoms with E-state index in [-0.39, 0.29) is 5.69 Å². The van der Waals surface area contributed by atoms with Crippen LogP contribution in [0, 0.1) is 0 Å². The van der Waals surface area contributed by atoms with Crippen molar-refractivity contribution in [2.24, 2.45) is 7.05 Å². The molecular formula is C13H10N6O3. The minimum atomic E-state index is -1.22. The van der Waals surface area contributed by atoms with Crippen LogP contribution in [0.3, 0.4) is 0 Å². The van der Waals surface area contributed by atoms with Crippen LogP contribution in [-0.2, 0) is 7.05 Å². The van der Waals surface area contributed by atoms with Gasteiger partial charge in [-0.1, -0.05) is 0 Å². The van der Waals surface area contributed by atoms with Crippen molar-refractivity contribution in [3.05, 3.63) is 52.7 Å². The molecule has 0 aliphatic rings. The number of carboxylic acid groups (broad SMARTS) is 1. The number of hydrogen-bond acceptors (Lipinski definition) is 6. The number of aromatic nitrogens is 6. The summed E-state index contributed by atoms with van der Waals surface area (Å²) in [4.78, 5) is 22.9. The highest BCUT2D eigenvalue weighted by molar-refractivity contribution is 5.84. The molecule has 0 fully saturated rings. The summed E-state index contributed by atoms with van der Waals surface area (Å²) in [7, 11) is 1.75. The van der Waals surface area contributed by atoms with Crippen molar-refractivity contribution in [2.75, 3.05) is 0 Å². The van der Waals surface area contributed by atoms with E-state index in [0.717, 1.165) is 16.8 Å². The van der Waals surface area contributed by atoms with Crippen LogP contribution >= 0.6 is 0 Å². The van der Waals surface area contributed by atoms with Gasteiger partial charge in [0, 0.05) is 19.3 Å². The lowest BCUT2D eigenvalue weighted by Crippen LogP contribution is -2.23. The number of carboxylic acids is 1. The van der Waals surface area contributed by atoms with E-state index in [1.165, 1.54) is 6.20 Å². The zero-order valence-corrected chi connectivity index (χ0v) is 11.4. The third-order valence-electron chi connectivity index (χ3n) is 2.99. The molecule has 3 aromatic heterocycles. The predicted octanol–water partition coefficient (Wildman–Crippen LogP) is 0.121. The Morgan fingerprint density at radius 2 is 2.09 bits per heavy atom. The Kier molecular flexibility index (Phi) is 3.22. The van der Waals surface area contributed by atoms with E-state index in [1.807, 2.05) is 0 Å². The molecule has 22 heavy (non-hydrogen) atoms. The van der Waals surface area contributed by atoms with Crippen LogP contribution in [0.5, 0.6) is 0 Å². The molecule has 3 aromatic rings. The van der Waals surface area contributed by atoms with Crippen LogP contribution in [0.2, 0.25) is 0 Å². The smallest absolute Gasteiger partial charge is 0.356 e. The lowest BCUT2D eigenvalue weighted by Gasteiger charge is -2.06. The lowest BCUT2D eigenvalue weighted by molar-refractivity contribution is 0.0688. The average Bonchev–Trinajstić information content (AvgIpc) is 2.94. The Labute approximate surface area is 123 Å². The number of aromatic carboxylic acids is 1. The molecule has 9 nitrogen and oxygen atoms in total. The third kappa shape index (κ3) is 2.35. The number of nitrogens with zero attached hydrogens (tertiary/aromatic N) is 6. The summed E-state index contributed by atoms with van der Waals surface area (Å²) in [5, 5.41) is 24.6. The van der Waals surface area contributed by atoms with Gasteiger partial charge in [-0.05, 0) is 18.2 Å². The van der Waals surface area contributed by atoms with Crippen molar-refractivity contribution >= 4 is 5.97 Å². The fourth-order valence-corrected chi connectivity index (χ4v) is 1.93. The van der Waals surface area contributed by atoms with E-state index in [1.54, 1.807) is 30.1 Å². The molecular weight excluding hydrogens is 288 g/mol. The summed E-state index contributed by atoms with van der Waals surface area (Å²) >= 11 is 0. The molecule has 0 unspecified atom stereocenters. The molecule has 0 radical (unpaired) electrons. The van der Waals surface area contributed by atoms with Gasteiger partial charge in [-0.25, -0.2) is 4.79 Å². The quantitative estimate of drug-likeness (QED) is 0.730. The standard InChI is InChI=1S/C13H10N6O3/c1-18-11(4-5-15-18)10-6-8(7-14-16-10)19-12(20)3-2-9(17-19)13(21)22/h2-7H,1H3,(H,21,22). The molecule has 0 aliphatic heterocycles. The number of rotatable bonds is 3. The van der Waals surface area contributed by atoms with Crippen molar-refractivity contribution in [1.82, 2.24) is 29.8 Å². The van der Waals surface area contributed by atoms with E-state index in [2.05, 4.69) is 20.4 Å². The van der Waals surface area contributed by atoms with Crippen LogP contribution in [0.15, 0.2) is 41.5 Å². The van der Waals surface area contributed by atoms with Gasteiger partial charge in [-0.15, -0.1) is 5.10 Å². The second-order valence-corrected chi connectivity index (χ2v) is 4.41. The Hall–Kier alpha value is -3.36. The van der Waals surface area contributed by atoms with Gasteiger partial charge < -0.3 is 5.11 Å². The van der Waals surface area contributed by atoms with Crippen LogP contribution < -0.4 is 5.56 Å². The third-order valence-corrected chi connectivity index (χ3v) is 2.99. The highest BCUT2D eigenvalue weighted by Gasteiger charge is 2.11. The van der Waals surface area contributed by atoms with Gasteiger partial charge in [0.15, 0.2) is 5.69 Å². The number of carbonyl (C=O) groups is 1. The van der Waals surface area contributed by atoms with Gasteiger partial charge >= 0.3 is 5.97 Å². The zero-order chi connectivity index (χ0) is 15.7. The van der Waals surface area contributed by atoms with Crippen LogP contribution in [0.25, 0.3) is 17.1 Å². The molecule has 3 heterocycles. The molecule has 0 saturated carbocycles. The average molecular weight is 298 g/mol. The molecule has 9 heteroatoms. The van der Waals surface area contributed by atoms with Crippen molar-refractivity contribution < 1.29 is 9.90 Å². The maximum atomic E-state index is 11.9. The van der Waals surface area contributed by atoms with E-state index in [4.69, 9.17) is 5.11 Å². The summed E-state index contributed by atoms with van der Waals surface area (Å²) in [6, 6.07) is 5.63. The summed E-state index contributed by atoms with van der Waals surface area (Å²) in [6.45, 7) is 0. The fourth-order valence-electron chi connectivity index (χ4n) is 1.93. The minimum Gasteiger partial charge on any atom is -0.476 e. The van der Waals surface area contributed by atoms with Crippen molar-refractivity contribution in [2.45, 2.75) is 0 Å². The Bertz CT molecular complexity index is 914. The number of aryl methyl sites for hydroxylation is 1. The summed E-state index contributed by atoms with van der Waals surface area (Å²) < 4.78 is 2.58. The first-order valence-electron chi connectivity index (χ1n) is 6.21. The Balaban J connectivity index is 2.14. The molecule has 0 amide bonds. The lowest BCUT2D eigenvalue weighted by atomic mass is 10.2. The largest absolute Gasteiger partial charge is 0.476 e. The molecule has 3 rings (SSSR count). The molecule has 0 aliphatic carbocycles. The molecule has 0 bridgehead atoms. The zero-order valence-electron chi connectivity index (χ0n) is 11.4. The topological polar surface area (TPSA) is 116 Å². The van der Waals surface area contributed by atoms with Gasteiger partial charge in [0.05, 0.1) is 17.6 Å². The van der Waals surface area contributed by atoms with Crippen LogP contribution in [0.1, 0.15) is 10.5 Å². The predicted molar refractivity (Wildman–Crippen MR) is 74.6 cm³/mol. The number of hydrogen-bond donors (Lipinski definition) is 1. The normalized spacial score (nSPS) is 10.6. The first-order valence-corrected chi connectivity index (χ1v) is 6.21. The molecule has 0 aromatic carbocycles. The molecule has 0 spiro atoms. The second-order valence-electron chi connectivity index (χ2n) is 4.41. The van der Waals surface area contributed by atoms with Crippen molar-refractivity contribution in [1.29, 1.82) is 0 Å². The van der Waals surface area contributed by atoms with E-state index in [9.17, 15) is 9.59 Å². The first-order chi connectivity index (χ1) is 10.6. The summed E-state index contributed by atoms with van der Waals surface area (Å²) in [5.41, 5.74) is 0.815. The molecule has 0 atom stereocenters. The minimum absolute atomic E-state index is 0.238. The first kappa shape index (κ1) is 13.6. The SMILES string of the molecule is Cn1nccc1-c1cc(-n2nc(C(=O)O)ccc2=O)cnn1. The molecule has 110 valence electrons. The van der Waals surface area contributed by atoms with E-state index in [0.29, 0.717) is 17.1 Å². The highest BCUT2D eigenvalue weighted by atomic mass is 16.4. The Morgan fingerprint density at radius 3 is 2.77 bits per heavy atom. The highest BCUT2D eigenvalue weighted by Crippen LogP contribution is 2.16. The van der Waals surface area contributed by atoms with Gasteiger partial charge in [-0.2, -0.15) is 20.0 Å². The fraction of sp³-hybridized carbons (Fsp3) is 0.0769. The maximum absolute atomic E-state index is 11.9. The molecule has 0 saturated heterocycles. The summed E-state index contributed by atoms with van der Waals surface area (Å²) in [6.07, 6.45) is 2.94. The van der Waals surface area contributed by atoms with Crippen molar-refractivity contribution in [3.63, 3.8) is 0 Å². The second kappa shape index (κ2) is 5.20. The van der Waals surface area contributed by atoms with Crippen LogP contribution in [-0.4, -0.2) is 40.8 Å². The summed E-state index contributed by atoms with van der Waals surface area (Å²) in [5.74, 6) is -1.22. The molecule has 1 N–H and O–H groups in total. The van der Waals surface area contributed by atoms with Gasteiger partial charge in [0.1, 0.15) is 5.69 Å². The van der Waals surface area contributed by atoms with Gasteiger partial charge in [-0.3, -0.25) is 9.48 Å². The van der Waals surface area contributed by atoms with Gasteiger partial charge in [0.25, 0.3) is 5.56 Å². The monoisotopic (exact) mass is 298 g/mol. The van der Waals surface area contributed by atoms with E-state index >= 15 is 0 Å². The van der Waals surface area contributed by atoms with Crippen LogP contribution in [0.4, 0.5) is 0 Å². The van der Waals surface area contributed by atoms with E-state index < -0.39 is 11.5 Å². The van der Waals surface area contributed by atoms with Crippen molar-refractivity contribution in [3.8, 4) is 17.1 Å². The maximum Gasteiger partial charge on any atom is 0.356 e. The Morgan fingerprint density at radius 1 is 1.27 bits per heavy atom. The van der Waals surface area contributed by atoms with Gasteiger partial charge in [0.2, 0.25) is 0 Å².